The molecule has 2 atom stereocenters. The van der Waals surface area contributed by atoms with E-state index < -0.39 is 12.1 Å². The monoisotopic (exact) mass is 1100 g/mol. The molecule has 0 aromatic carbocycles. The lowest BCUT2D eigenvalue weighted by molar-refractivity contribution is -0.143. The maximum absolute atomic E-state index is 12.5. The van der Waals surface area contributed by atoms with Crippen LogP contribution in [0, 0.1) is 0 Å². The number of carbonyl (C=O) groups excluding carboxylic acids is 2. The van der Waals surface area contributed by atoms with Crippen LogP contribution in [0.4, 0.5) is 0 Å². The zero-order valence-electron chi connectivity index (χ0n) is 52.9. The molecule has 0 saturated carbocycles. The predicted molar refractivity (Wildman–Crippen MR) is 343 cm³/mol. The molecule has 0 aliphatic rings. The first-order valence-electron chi connectivity index (χ1n) is 35.6. The smallest absolute Gasteiger partial charge is 0.305 e. The van der Waals surface area contributed by atoms with Gasteiger partial charge in [-0.2, -0.15) is 0 Å². The first-order valence-corrected chi connectivity index (χ1v) is 35.6. The molecule has 0 spiro atoms. The van der Waals surface area contributed by atoms with E-state index >= 15 is 0 Å². The average Bonchev–Trinajstić information content (AvgIpc) is 3.44. The zero-order valence-corrected chi connectivity index (χ0v) is 52.9. The van der Waals surface area contributed by atoms with E-state index in [2.05, 4.69) is 31.3 Å². The van der Waals surface area contributed by atoms with Gasteiger partial charge in [-0.3, -0.25) is 9.59 Å². The summed E-state index contributed by atoms with van der Waals surface area (Å²) in [5.74, 6) is -0.0536. The highest BCUT2D eigenvalue weighted by atomic mass is 16.5. The van der Waals surface area contributed by atoms with E-state index in [1.54, 1.807) is 6.08 Å². The van der Waals surface area contributed by atoms with E-state index in [1.165, 1.54) is 334 Å². The third-order valence-electron chi connectivity index (χ3n) is 16.7. The third-order valence-corrected chi connectivity index (χ3v) is 16.7. The largest absolute Gasteiger partial charge is 0.466 e. The van der Waals surface area contributed by atoms with E-state index in [4.69, 9.17) is 4.74 Å². The van der Waals surface area contributed by atoms with Gasteiger partial charge in [0.1, 0.15) is 0 Å². The van der Waals surface area contributed by atoms with Crippen LogP contribution in [0.25, 0.3) is 0 Å². The van der Waals surface area contributed by atoms with Gasteiger partial charge in [-0.05, 0) is 57.8 Å². The number of amides is 1. The molecule has 0 radical (unpaired) electrons. The maximum Gasteiger partial charge on any atom is 0.305 e. The van der Waals surface area contributed by atoms with Gasteiger partial charge in [0.2, 0.25) is 5.91 Å². The van der Waals surface area contributed by atoms with Gasteiger partial charge in [0, 0.05) is 12.8 Å². The van der Waals surface area contributed by atoms with E-state index in [0.29, 0.717) is 19.4 Å². The first kappa shape index (κ1) is 76.3. The molecule has 6 heteroatoms. The normalized spacial score (nSPS) is 12.6. The Bertz CT molecular complexity index is 1220. The highest BCUT2D eigenvalue weighted by molar-refractivity contribution is 5.76. The molecular formula is C72H139NO5. The van der Waals surface area contributed by atoms with Crippen molar-refractivity contribution in [3.05, 3.63) is 24.3 Å². The van der Waals surface area contributed by atoms with Crippen molar-refractivity contribution in [2.75, 3.05) is 13.2 Å². The second kappa shape index (κ2) is 67.8. The minimum atomic E-state index is -0.849. The SMILES string of the molecule is CCCCCCCCCCCCCCCCCCCCCCCC/C=C/C(O)C(CO)NC(=O)CCCCCCCCCC/C=C\CCCCCCCCCCCCCCOC(=O)CCCCCCCCCCCCCCC. The van der Waals surface area contributed by atoms with Gasteiger partial charge in [0.05, 0.1) is 25.4 Å². The van der Waals surface area contributed by atoms with Crippen LogP contribution in [-0.2, 0) is 14.3 Å². The Hall–Kier alpha value is -1.66. The quantitative estimate of drug-likeness (QED) is 0.0320. The van der Waals surface area contributed by atoms with Gasteiger partial charge in [0.15, 0.2) is 0 Å². The summed E-state index contributed by atoms with van der Waals surface area (Å²) in [7, 11) is 0. The van der Waals surface area contributed by atoms with Crippen LogP contribution in [0.1, 0.15) is 399 Å². The van der Waals surface area contributed by atoms with Crippen molar-refractivity contribution in [3.8, 4) is 0 Å². The summed E-state index contributed by atoms with van der Waals surface area (Å²) in [6, 6.07) is -0.632. The molecule has 0 fully saturated rings. The summed E-state index contributed by atoms with van der Waals surface area (Å²) < 4.78 is 5.49. The van der Waals surface area contributed by atoms with Gasteiger partial charge in [-0.1, -0.05) is 353 Å². The summed E-state index contributed by atoms with van der Waals surface area (Å²) in [4.78, 5) is 24.6. The molecule has 0 aliphatic heterocycles. The number of hydrogen-bond acceptors (Lipinski definition) is 5. The number of esters is 1. The van der Waals surface area contributed by atoms with Crippen molar-refractivity contribution in [2.24, 2.45) is 0 Å². The number of aliphatic hydroxyl groups is 2. The average molecular weight is 1100 g/mol. The number of hydrogen-bond donors (Lipinski definition) is 3. The summed E-state index contributed by atoms with van der Waals surface area (Å²) in [5, 5.41) is 23.3. The summed E-state index contributed by atoms with van der Waals surface area (Å²) in [6.07, 6.45) is 85.4. The molecular weight excluding hydrogens is 959 g/mol. The number of carbonyl (C=O) groups is 2. The molecule has 0 saturated heterocycles. The molecule has 2 unspecified atom stereocenters. The second-order valence-corrected chi connectivity index (χ2v) is 24.6. The lowest BCUT2D eigenvalue weighted by Crippen LogP contribution is -2.45. The van der Waals surface area contributed by atoms with E-state index in [0.717, 1.165) is 38.5 Å². The van der Waals surface area contributed by atoms with Crippen molar-refractivity contribution >= 4 is 11.9 Å². The fourth-order valence-electron chi connectivity index (χ4n) is 11.3. The molecule has 3 N–H and O–H groups in total. The summed E-state index contributed by atoms with van der Waals surface area (Å²) in [5.41, 5.74) is 0. The molecule has 78 heavy (non-hydrogen) atoms. The Kier molecular flexibility index (Phi) is 66.4. The topological polar surface area (TPSA) is 95.9 Å². The predicted octanol–water partition coefficient (Wildman–Crippen LogP) is 22.9. The third kappa shape index (κ3) is 63.5. The maximum atomic E-state index is 12.5. The Morgan fingerprint density at radius 1 is 0.346 bits per heavy atom. The Labute approximate surface area is 488 Å². The minimum absolute atomic E-state index is 0.0144. The second-order valence-electron chi connectivity index (χ2n) is 24.6. The fraction of sp³-hybridized carbons (Fsp3) is 0.917. The molecule has 0 bridgehead atoms. The highest BCUT2D eigenvalue weighted by Crippen LogP contribution is 2.19. The molecule has 0 heterocycles. The van der Waals surface area contributed by atoms with Crippen LogP contribution >= 0.6 is 0 Å². The summed E-state index contributed by atoms with van der Waals surface area (Å²) in [6.45, 7) is 4.94. The summed E-state index contributed by atoms with van der Waals surface area (Å²) >= 11 is 0. The number of allylic oxidation sites excluding steroid dienone is 3. The highest BCUT2D eigenvalue weighted by Gasteiger charge is 2.18. The lowest BCUT2D eigenvalue weighted by atomic mass is 10.0. The molecule has 462 valence electrons. The van der Waals surface area contributed by atoms with Gasteiger partial charge < -0.3 is 20.3 Å². The molecule has 0 aromatic rings. The van der Waals surface area contributed by atoms with Crippen molar-refractivity contribution in [1.29, 1.82) is 0 Å². The van der Waals surface area contributed by atoms with Crippen molar-refractivity contribution < 1.29 is 24.5 Å². The van der Waals surface area contributed by atoms with E-state index in [1.807, 2.05) is 6.08 Å². The van der Waals surface area contributed by atoms with Gasteiger partial charge in [0.25, 0.3) is 0 Å². The minimum Gasteiger partial charge on any atom is -0.466 e. The van der Waals surface area contributed by atoms with Crippen molar-refractivity contribution in [1.82, 2.24) is 5.32 Å². The molecule has 0 aromatic heterocycles. The molecule has 0 rings (SSSR count). The van der Waals surface area contributed by atoms with Crippen LogP contribution < -0.4 is 5.32 Å². The molecule has 1 amide bonds. The van der Waals surface area contributed by atoms with E-state index in [-0.39, 0.29) is 18.5 Å². The van der Waals surface area contributed by atoms with Gasteiger partial charge in [-0.25, -0.2) is 0 Å². The molecule has 0 aliphatic carbocycles. The van der Waals surface area contributed by atoms with Crippen LogP contribution in [0.15, 0.2) is 24.3 Å². The Balaban J connectivity index is 3.43. The first-order chi connectivity index (χ1) is 38.5. The standard InChI is InChI=1S/C72H139NO5/c1-3-5-7-9-11-13-15-17-18-19-20-21-22-25-28-31-34-37-41-44-48-52-56-60-64-70(75)69(68-74)73-71(76)65-61-57-53-49-45-42-38-35-32-29-26-23-24-27-30-33-36-39-43-47-51-55-59-63-67-78-72(77)66-62-58-54-50-46-40-16-14-12-10-8-6-4-2/h26,29,60,64,69-70,74-75H,3-25,27-28,30-59,61-63,65-68H2,1-2H3,(H,73,76)/b29-26-,64-60+. The van der Waals surface area contributed by atoms with Crippen LogP contribution in [0.3, 0.4) is 0 Å². The number of unbranched alkanes of at least 4 members (excludes halogenated alkanes) is 54. The molecule has 6 nitrogen and oxygen atoms in total. The van der Waals surface area contributed by atoms with Crippen molar-refractivity contribution in [2.45, 2.75) is 411 Å². The number of aliphatic hydroxyl groups excluding tert-OH is 2. The van der Waals surface area contributed by atoms with Gasteiger partial charge in [-0.15, -0.1) is 0 Å². The number of ether oxygens (including phenoxy) is 1. The van der Waals surface area contributed by atoms with Gasteiger partial charge >= 0.3 is 5.97 Å². The lowest BCUT2D eigenvalue weighted by Gasteiger charge is -2.20. The zero-order chi connectivity index (χ0) is 56.4. The van der Waals surface area contributed by atoms with E-state index in [9.17, 15) is 19.8 Å². The number of nitrogens with one attached hydrogen (secondary N) is 1. The Morgan fingerprint density at radius 2 is 0.603 bits per heavy atom. The number of rotatable bonds is 67. The van der Waals surface area contributed by atoms with Crippen LogP contribution in [-0.4, -0.2) is 47.4 Å². The van der Waals surface area contributed by atoms with Crippen LogP contribution in [0.5, 0.6) is 0 Å². The van der Waals surface area contributed by atoms with Crippen molar-refractivity contribution in [3.63, 3.8) is 0 Å². The Morgan fingerprint density at radius 3 is 0.910 bits per heavy atom. The van der Waals surface area contributed by atoms with Crippen LogP contribution in [0.2, 0.25) is 0 Å². The fourth-order valence-corrected chi connectivity index (χ4v) is 11.3.